The SMILES string of the molecule is C1NC[C@@H]2CC12. The Balaban J connectivity index is 2.09. The summed E-state index contributed by atoms with van der Waals surface area (Å²) >= 11 is 0. The van der Waals surface area contributed by atoms with Gasteiger partial charge >= 0.3 is 0 Å². The molecule has 0 spiro atoms. The molecule has 0 aromatic rings. The average molecular weight is 83.1 g/mol. The Hall–Kier alpha value is -0.0400. The first kappa shape index (κ1) is 3.03. The third kappa shape index (κ3) is 0.243. The Labute approximate surface area is 37.7 Å². The molecule has 1 nitrogen and oxygen atoms in total. The second kappa shape index (κ2) is 0.784. The minimum Gasteiger partial charge on any atom is -0.316 e. The number of hydrogen-bond acceptors (Lipinski definition) is 1. The van der Waals surface area contributed by atoms with Crippen LogP contribution in [0.1, 0.15) is 6.42 Å². The zero-order chi connectivity index (χ0) is 3.98. The molecule has 0 bridgehead atoms. The molecule has 0 aromatic heterocycles. The van der Waals surface area contributed by atoms with Crippen molar-refractivity contribution in [1.82, 2.24) is 5.32 Å². The molecule has 0 aromatic carbocycles. The summed E-state index contributed by atoms with van der Waals surface area (Å²) < 4.78 is 0. The van der Waals surface area contributed by atoms with Crippen LogP contribution in [0.25, 0.3) is 0 Å². The lowest BCUT2D eigenvalue weighted by Crippen LogP contribution is -2.10. The number of hydrogen-bond donors (Lipinski definition) is 1. The van der Waals surface area contributed by atoms with E-state index < -0.39 is 0 Å². The van der Waals surface area contributed by atoms with Crippen molar-refractivity contribution in [2.45, 2.75) is 6.42 Å². The lowest BCUT2D eigenvalue weighted by molar-refractivity contribution is 0.732. The first-order chi connectivity index (χ1) is 2.97. The largest absolute Gasteiger partial charge is 0.316 e. The van der Waals surface area contributed by atoms with Crippen LogP contribution < -0.4 is 5.32 Å². The van der Waals surface area contributed by atoms with E-state index in [1.807, 2.05) is 0 Å². The summed E-state index contributed by atoms with van der Waals surface area (Å²) in [6.45, 7) is 2.62. The van der Waals surface area contributed by atoms with Crippen LogP contribution in [0.2, 0.25) is 0 Å². The topological polar surface area (TPSA) is 12.0 Å². The molecular formula is C5H9N. The normalized spacial score (nSPS) is 52.0. The third-order valence-corrected chi connectivity index (χ3v) is 1.88. The molecule has 0 amide bonds. The highest BCUT2D eigenvalue weighted by Crippen LogP contribution is 2.40. The van der Waals surface area contributed by atoms with Crippen molar-refractivity contribution in [2.24, 2.45) is 11.8 Å². The maximum Gasteiger partial charge on any atom is -0.00172 e. The van der Waals surface area contributed by atoms with Gasteiger partial charge in [0.05, 0.1) is 0 Å². The number of rotatable bonds is 0. The number of nitrogens with one attached hydrogen (secondary N) is 1. The van der Waals surface area contributed by atoms with E-state index in [1.165, 1.54) is 19.5 Å². The van der Waals surface area contributed by atoms with E-state index in [-0.39, 0.29) is 0 Å². The van der Waals surface area contributed by atoms with Gasteiger partial charge in [0.2, 0.25) is 0 Å². The quantitative estimate of drug-likeness (QED) is 0.442. The van der Waals surface area contributed by atoms with Crippen molar-refractivity contribution in [1.29, 1.82) is 0 Å². The first-order valence-corrected chi connectivity index (χ1v) is 2.67. The summed E-state index contributed by atoms with van der Waals surface area (Å²) in [6.07, 6.45) is 1.52. The van der Waals surface area contributed by atoms with Crippen molar-refractivity contribution in [3.05, 3.63) is 0 Å². The molecule has 1 saturated heterocycles. The Morgan fingerprint density at radius 1 is 1.17 bits per heavy atom. The van der Waals surface area contributed by atoms with Crippen molar-refractivity contribution in [2.75, 3.05) is 13.1 Å². The highest BCUT2D eigenvalue weighted by atomic mass is 14.9. The van der Waals surface area contributed by atoms with E-state index in [0.717, 1.165) is 11.8 Å². The molecule has 2 aliphatic rings. The standard InChI is InChI=1S/C5H9N/c1-4-2-6-3-5(1)4/h4-6H,1-3H2/t4-,5?/m0/s1. The van der Waals surface area contributed by atoms with Crippen LogP contribution >= 0.6 is 0 Å². The number of fused-ring (bicyclic) bond motifs is 1. The van der Waals surface area contributed by atoms with Crippen molar-refractivity contribution in [3.63, 3.8) is 0 Å². The van der Waals surface area contributed by atoms with Gasteiger partial charge in [-0.15, -0.1) is 0 Å². The molecule has 1 N–H and O–H groups in total. The molecule has 6 heavy (non-hydrogen) atoms. The van der Waals surface area contributed by atoms with Crippen LogP contribution in [-0.2, 0) is 0 Å². The first-order valence-electron chi connectivity index (χ1n) is 2.67. The lowest BCUT2D eigenvalue weighted by atomic mass is 10.4. The summed E-state index contributed by atoms with van der Waals surface area (Å²) in [4.78, 5) is 0. The third-order valence-electron chi connectivity index (χ3n) is 1.88. The van der Waals surface area contributed by atoms with Gasteiger partial charge in [0.15, 0.2) is 0 Å². The fourth-order valence-corrected chi connectivity index (χ4v) is 1.26. The van der Waals surface area contributed by atoms with Gasteiger partial charge in [-0.2, -0.15) is 0 Å². The molecule has 1 aliphatic heterocycles. The summed E-state index contributed by atoms with van der Waals surface area (Å²) in [5.74, 6) is 2.20. The molecule has 1 aliphatic carbocycles. The van der Waals surface area contributed by atoms with Gasteiger partial charge in [0.1, 0.15) is 0 Å². The lowest BCUT2D eigenvalue weighted by Gasteiger charge is -1.87. The fourth-order valence-electron chi connectivity index (χ4n) is 1.26. The highest BCUT2D eigenvalue weighted by Gasteiger charge is 2.40. The Kier molecular flexibility index (Phi) is 0.396. The molecular weight excluding hydrogens is 74.1 g/mol. The van der Waals surface area contributed by atoms with Crippen LogP contribution in [0.4, 0.5) is 0 Å². The molecule has 0 radical (unpaired) electrons. The van der Waals surface area contributed by atoms with E-state index >= 15 is 0 Å². The zero-order valence-electron chi connectivity index (χ0n) is 3.78. The van der Waals surface area contributed by atoms with Crippen molar-refractivity contribution >= 4 is 0 Å². The summed E-state index contributed by atoms with van der Waals surface area (Å²) in [5.41, 5.74) is 0. The smallest absolute Gasteiger partial charge is 0.00172 e. The summed E-state index contributed by atoms with van der Waals surface area (Å²) in [6, 6.07) is 0. The van der Waals surface area contributed by atoms with Gasteiger partial charge in [-0.25, -0.2) is 0 Å². The molecule has 1 heterocycles. The summed E-state index contributed by atoms with van der Waals surface area (Å²) in [5, 5.41) is 3.32. The van der Waals surface area contributed by atoms with Gasteiger partial charge in [-0.3, -0.25) is 0 Å². The van der Waals surface area contributed by atoms with Crippen LogP contribution in [0.5, 0.6) is 0 Å². The van der Waals surface area contributed by atoms with Gasteiger partial charge in [-0.1, -0.05) is 0 Å². The van der Waals surface area contributed by atoms with Crippen LogP contribution in [0, 0.1) is 11.8 Å². The highest BCUT2D eigenvalue weighted by molar-refractivity contribution is 4.94. The molecule has 2 atom stereocenters. The van der Waals surface area contributed by atoms with Gasteiger partial charge in [-0.05, 0) is 31.3 Å². The van der Waals surface area contributed by atoms with Gasteiger partial charge in [0.25, 0.3) is 0 Å². The van der Waals surface area contributed by atoms with Gasteiger partial charge < -0.3 is 5.32 Å². The Bertz CT molecular complexity index is 62.3. The van der Waals surface area contributed by atoms with E-state index in [1.54, 1.807) is 0 Å². The van der Waals surface area contributed by atoms with E-state index in [4.69, 9.17) is 0 Å². The van der Waals surface area contributed by atoms with E-state index in [0.29, 0.717) is 0 Å². The van der Waals surface area contributed by atoms with Crippen LogP contribution in [-0.4, -0.2) is 13.1 Å². The predicted octanol–water partition coefficient (Wildman–Crippen LogP) is 0.226. The van der Waals surface area contributed by atoms with E-state index in [9.17, 15) is 0 Å². The maximum atomic E-state index is 3.32. The van der Waals surface area contributed by atoms with Crippen LogP contribution in [0.15, 0.2) is 0 Å². The van der Waals surface area contributed by atoms with Crippen molar-refractivity contribution in [3.8, 4) is 0 Å². The second-order valence-electron chi connectivity index (χ2n) is 2.41. The average Bonchev–Trinajstić information content (AvgIpc) is 2.17. The molecule has 1 heteroatoms. The summed E-state index contributed by atoms with van der Waals surface area (Å²) in [7, 11) is 0. The zero-order valence-corrected chi connectivity index (χ0v) is 3.78. The monoisotopic (exact) mass is 83.1 g/mol. The molecule has 2 rings (SSSR count). The Morgan fingerprint density at radius 3 is 2.00 bits per heavy atom. The predicted molar refractivity (Wildman–Crippen MR) is 24.5 cm³/mol. The molecule has 2 fully saturated rings. The minimum atomic E-state index is 1.10. The number of piperidine rings is 1. The van der Waals surface area contributed by atoms with Crippen LogP contribution in [0.3, 0.4) is 0 Å². The Morgan fingerprint density at radius 2 is 1.83 bits per heavy atom. The second-order valence-corrected chi connectivity index (χ2v) is 2.41. The molecule has 34 valence electrons. The minimum absolute atomic E-state index is 1.10. The van der Waals surface area contributed by atoms with E-state index in [2.05, 4.69) is 5.32 Å². The molecule has 1 unspecified atom stereocenters. The van der Waals surface area contributed by atoms with Crippen molar-refractivity contribution < 1.29 is 0 Å². The molecule has 1 saturated carbocycles. The van der Waals surface area contributed by atoms with Gasteiger partial charge in [0, 0.05) is 0 Å². The maximum absolute atomic E-state index is 3.32. The fraction of sp³-hybridized carbons (Fsp3) is 1.00.